The van der Waals surface area contributed by atoms with Gasteiger partial charge in [-0.2, -0.15) is 5.10 Å². The molecule has 2 heterocycles. The first-order valence-corrected chi connectivity index (χ1v) is 5.69. The van der Waals surface area contributed by atoms with Crippen LogP contribution in [0.15, 0.2) is 12.4 Å². The van der Waals surface area contributed by atoms with Crippen molar-refractivity contribution in [1.29, 1.82) is 0 Å². The molecule has 0 radical (unpaired) electrons. The second kappa shape index (κ2) is 6.23. The lowest BCUT2D eigenvalue weighted by atomic mass is 10.2. The molecule has 5 heteroatoms. The lowest BCUT2D eigenvalue weighted by molar-refractivity contribution is 0.166. The van der Waals surface area contributed by atoms with Gasteiger partial charge in [0.1, 0.15) is 0 Å². The Balaban J connectivity index is 0.00000128. The van der Waals surface area contributed by atoms with E-state index in [2.05, 4.69) is 35.4 Å². The van der Waals surface area contributed by atoms with Crippen molar-refractivity contribution in [2.24, 2.45) is 0 Å². The molecule has 1 aliphatic rings. The van der Waals surface area contributed by atoms with Gasteiger partial charge in [-0.3, -0.25) is 9.58 Å². The van der Waals surface area contributed by atoms with E-state index in [1.165, 1.54) is 5.56 Å². The molecule has 92 valence electrons. The second-order valence-corrected chi connectivity index (χ2v) is 4.37. The summed E-state index contributed by atoms with van der Waals surface area (Å²) in [5.41, 5.74) is 1.24. The van der Waals surface area contributed by atoms with Crippen molar-refractivity contribution < 1.29 is 0 Å². The number of piperazine rings is 1. The Kier molecular flexibility index (Phi) is 5.25. The summed E-state index contributed by atoms with van der Waals surface area (Å²) in [6, 6.07) is 0.649. The van der Waals surface area contributed by atoms with Crippen LogP contribution in [0.3, 0.4) is 0 Å². The van der Waals surface area contributed by atoms with Crippen LogP contribution in [0, 0.1) is 6.92 Å². The molecule has 2 rings (SSSR count). The van der Waals surface area contributed by atoms with Crippen LogP contribution in [0.5, 0.6) is 0 Å². The van der Waals surface area contributed by atoms with Gasteiger partial charge in [0.25, 0.3) is 0 Å². The molecule has 4 nitrogen and oxygen atoms in total. The lowest BCUT2D eigenvalue weighted by Gasteiger charge is -2.33. The molecular formula is C11H21ClN4. The maximum atomic E-state index is 4.30. The van der Waals surface area contributed by atoms with Crippen LogP contribution < -0.4 is 5.32 Å². The Morgan fingerprint density at radius 3 is 2.94 bits per heavy atom. The van der Waals surface area contributed by atoms with Crippen molar-refractivity contribution >= 4 is 12.4 Å². The molecule has 0 bridgehead atoms. The van der Waals surface area contributed by atoms with Gasteiger partial charge in [-0.05, 0) is 19.4 Å². The topological polar surface area (TPSA) is 33.1 Å². The highest BCUT2D eigenvalue weighted by atomic mass is 35.5. The zero-order valence-corrected chi connectivity index (χ0v) is 10.8. The zero-order chi connectivity index (χ0) is 10.7. The largest absolute Gasteiger partial charge is 0.314 e. The summed E-state index contributed by atoms with van der Waals surface area (Å²) in [7, 11) is 0. The first-order valence-electron chi connectivity index (χ1n) is 5.69. The fraction of sp³-hybridized carbons (Fsp3) is 0.727. The van der Waals surface area contributed by atoms with Crippen molar-refractivity contribution in [3.63, 3.8) is 0 Å². The third-order valence-electron chi connectivity index (χ3n) is 3.02. The maximum absolute atomic E-state index is 4.30. The summed E-state index contributed by atoms with van der Waals surface area (Å²) < 4.78 is 2.03. The molecule has 1 fully saturated rings. The van der Waals surface area contributed by atoms with Crippen molar-refractivity contribution in [3.05, 3.63) is 18.0 Å². The summed E-state index contributed by atoms with van der Waals surface area (Å²) in [6.45, 7) is 9.83. The standard InChI is InChI=1S/C11H20N4.ClH/c1-10-7-13-15(9-10)6-5-14-4-3-12-8-11(14)2;/h7,9,11-12H,3-6,8H2,1-2H3;1H/t11-;/m1./s1. The van der Waals surface area contributed by atoms with Crippen LogP contribution in [-0.4, -0.2) is 46.9 Å². The van der Waals surface area contributed by atoms with Crippen LogP contribution in [-0.2, 0) is 6.54 Å². The van der Waals surface area contributed by atoms with E-state index in [0.29, 0.717) is 6.04 Å². The normalized spacial score (nSPS) is 21.8. The Bertz CT molecular complexity index is 313. The van der Waals surface area contributed by atoms with Crippen molar-refractivity contribution in [2.45, 2.75) is 26.4 Å². The Labute approximate surface area is 103 Å². The van der Waals surface area contributed by atoms with Crippen molar-refractivity contribution in [2.75, 3.05) is 26.2 Å². The van der Waals surface area contributed by atoms with Gasteiger partial charge in [0, 0.05) is 38.4 Å². The molecule has 1 aromatic heterocycles. The maximum Gasteiger partial charge on any atom is 0.0536 e. The van der Waals surface area contributed by atoms with Crippen LogP contribution in [0.25, 0.3) is 0 Å². The molecule has 1 N–H and O–H groups in total. The van der Waals surface area contributed by atoms with Gasteiger partial charge in [-0.25, -0.2) is 0 Å². The third kappa shape index (κ3) is 3.47. The lowest BCUT2D eigenvalue weighted by Crippen LogP contribution is -2.50. The van der Waals surface area contributed by atoms with Gasteiger partial charge in [0.15, 0.2) is 0 Å². The molecule has 0 unspecified atom stereocenters. The Hall–Kier alpha value is -0.580. The molecule has 0 spiro atoms. The average molecular weight is 245 g/mol. The first-order chi connectivity index (χ1) is 7.25. The fourth-order valence-electron chi connectivity index (χ4n) is 2.04. The van der Waals surface area contributed by atoms with E-state index >= 15 is 0 Å². The van der Waals surface area contributed by atoms with Gasteiger partial charge < -0.3 is 5.32 Å². The highest BCUT2D eigenvalue weighted by molar-refractivity contribution is 5.85. The second-order valence-electron chi connectivity index (χ2n) is 4.37. The van der Waals surface area contributed by atoms with E-state index in [1.54, 1.807) is 0 Å². The highest BCUT2D eigenvalue weighted by Crippen LogP contribution is 2.03. The molecule has 0 aliphatic carbocycles. The number of halogens is 1. The monoisotopic (exact) mass is 244 g/mol. The van der Waals surface area contributed by atoms with Gasteiger partial charge in [0.2, 0.25) is 0 Å². The van der Waals surface area contributed by atoms with Gasteiger partial charge >= 0.3 is 0 Å². The molecule has 0 amide bonds. The van der Waals surface area contributed by atoms with E-state index < -0.39 is 0 Å². The van der Waals surface area contributed by atoms with Crippen molar-refractivity contribution in [1.82, 2.24) is 20.0 Å². The summed E-state index contributed by atoms with van der Waals surface area (Å²) in [4.78, 5) is 2.52. The quantitative estimate of drug-likeness (QED) is 0.858. The predicted molar refractivity (Wildman–Crippen MR) is 68.1 cm³/mol. The zero-order valence-electron chi connectivity index (χ0n) is 10.0. The van der Waals surface area contributed by atoms with Crippen LogP contribution in [0.1, 0.15) is 12.5 Å². The number of aromatic nitrogens is 2. The van der Waals surface area contributed by atoms with E-state index in [4.69, 9.17) is 0 Å². The fourth-order valence-corrected chi connectivity index (χ4v) is 2.04. The highest BCUT2D eigenvalue weighted by Gasteiger charge is 2.16. The smallest absolute Gasteiger partial charge is 0.0536 e. The van der Waals surface area contributed by atoms with Gasteiger partial charge in [0.05, 0.1) is 12.7 Å². The molecular weight excluding hydrogens is 224 g/mol. The van der Waals surface area contributed by atoms with Crippen molar-refractivity contribution in [3.8, 4) is 0 Å². The minimum absolute atomic E-state index is 0. The third-order valence-corrected chi connectivity index (χ3v) is 3.02. The molecule has 0 saturated carbocycles. The van der Waals surface area contributed by atoms with E-state index in [9.17, 15) is 0 Å². The predicted octanol–water partition coefficient (Wildman–Crippen LogP) is 0.907. The minimum atomic E-state index is 0. The number of aryl methyl sites for hydroxylation is 1. The van der Waals surface area contributed by atoms with Crippen LogP contribution in [0.2, 0.25) is 0 Å². The molecule has 1 saturated heterocycles. The van der Waals surface area contributed by atoms with Gasteiger partial charge in [-0.15, -0.1) is 12.4 Å². The number of nitrogens with one attached hydrogen (secondary N) is 1. The summed E-state index contributed by atoms with van der Waals surface area (Å²) >= 11 is 0. The van der Waals surface area contributed by atoms with Crippen LogP contribution in [0.4, 0.5) is 0 Å². The molecule has 1 atom stereocenters. The summed E-state index contributed by atoms with van der Waals surface area (Å²) in [5, 5.41) is 7.70. The number of nitrogens with zero attached hydrogens (tertiary/aromatic N) is 3. The van der Waals surface area contributed by atoms with E-state index in [-0.39, 0.29) is 12.4 Å². The first kappa shape index (κ1) is 13.5. The number of hydrogen-bond acceptors (Lipinski definition) is 3. The van der Waals surface area contributed by atoms with Crippen LogP contribution >= 0.6 is 12.4 Å². The number of rotatable bonds is 3. The van der Waals surface area contributed by atoms with Gasteiger partial charge in [-0.1, -0.05) is 0 Å². The Morgan fingerprint density at radius 2 is 2.31 bits per heavy atom. The van der Waals surface area contributed by atoms with E-state index in [0.717, 1.165) is 32.7 Å². The number of hydrogen-bond donors (Lipinski definition) is 1. The Morgan fingerprint density at radius 1 is 1.50 bits per heavy atom. The molecule has 0 aromatic carbocycles. The average Bonchev–Trinajstić information content (AvgIpc) is 2.63. The minimum Gasteiger partial charge on any atom is -0.314 e. The SMILES string of the molecule is Cc1cnn(CCN2CCNC[C@H]2C)c1.Cl. The molecule has 1 aromatic rings. The molecule has 16 heavy (non-hydrogen) atoms. The van der Waals surface area contributed by atoms with E-state index in [1.807, 2.05) is 10.9 Å². The summed E-state index contributed by atoms with van der Waals surface area (Å²) in [5.74, 6) is 0. The summed E-state index contributed by atoms with van der Waals surface area (Å²) in [6.07, 6.45) is 4.02. The molecule has 1 aliphatic heterocycles.